The number of benzene rings is 1. The second-order valence-electron chi connectivity index (χ2n) is 5.27. The predicted molar refractivity (Wildman–Crippen MR) is 102 cm³/mol. The third-order valence-corrected chi connectivity index (χ3v) is 4.69. The highest BCUT2D eigenvalue weighted by molar-refractivity contribution is 7.99. The summed E-state index contributed by atoms with van der Waals surface area (Å²) in [7, 11) is 0. The van der Waals surface area contributed by atoms with Gasteiger partial charge >= 0.3 is 12.0 Å². The van der Waals surface area contributed by atoms with Crippen LogP contribution in [-0.4, -0.2) is 36.0 Å². The molecule has 0 fully saturated rings. The summed E-state index contributed by atoms with van der Waals surface area (Å²) in [6, 6.07) is 9.66. The molecule has 142 valence electrons. The summed E-state index contributed by atoms with van der Waals surface area (Å²) >= 11 is 7.35. The number of carbonyl (C=O) groups excluding carboxylic acids is 3. The van der Waals surface area contributed by atoms with Gasteiger partial charge in [0.1, 0.15) is 5.03 Å². The van der Waals surface area contributed by atoms with Crippen molar-refractivity contribution in [2.75, 3.05) is 13.2 Å². The summed E-state index contributed by atoms with van der Waals surface area (Å²) in [5.41, 5.74) is 0.200. The van der Waals surface area contributed by atoms with Crippen molar-refractivity contribution in [3.63, 3.8) is 0 Å². The standard InChI is InChI=1S/C18H18ClN3O4S/c1-2-9-21-18(25)22-15(23)11-26-17(24)12-6-5-10-20-16(12)27-14-8-4-3-7-13(14)19/h3-8,10H,2,9,11H2,1H3,(H2,21,22,23,25). The molecule has 1 heterocycles. The van der Waals surface area contributed by atoms with E-state index in [-0.39, 0.29) is 5.56 Å². The maximum Gasteiger partial charge on any atom is 0.341 e. The minimum Gasteiger partial charge on any atom is -0.452 e. The van der Waals surface area contributed by atoms with Crippen LogP contribution in [0.1, 0.15) is 23.7 Å². The van der Waals surface area contributed by atoms with Crippen molar-refractivity contribution in [3.05, 3.63) is 53.2 Å². The summed E-state index contributed by atoms with van der Waals surface area (Å²) in [6.07, 6.45) is 2.28. The van der Waals surface area contributed by atoms with Crippen molar-refractivity contribution in [1.82, 2.24) is 15.6 Å². The van der Waals surface area contributed by atoms with E-state index >= 15 is 0 Å². The normalized spacial score (nSPS) is 10.1. The van der Waals surface area contributed by atoms with E-state index in [0.29, 0.717) is 16.6 Å². The molecule has 3 amide bonds. The maximum atomic E-state index is 12.3. The lowest BCUT2D eigenvalue weighted by Gasteiger charge is -2.09. The number of nitrogens with zero attached hydrogens (tertiary/aromatic N) is 1. The van der Waals surface area contributed by atoms with E-state index in [1.54, 1.807) is 36.5 Å². The fraction of sp³-hybridized carbons (Fsp3) is 0.222. The third-order valence-electron chi connectivity index (χ3n) is 3.16. The van der Waals surface area contributed by atoms with Gasteiger partial charge in [0.05, 0.1) is 10.6 Å². The monoisotopic (exact) mass is 407 g/mol. The molecule has 0 atom stereocenters. The summed E-state index contributed by atoms with van der Waals surface area (Å²) in [6.45, 7) is 1.75. The second-order valence-corrected chi connectivity index (χ2v) is 6.71. The van der Waals surface area contributed by atoms with Crippen molar-refractivity contribution in [2.45, 2.75) is 23.3 Å². The fourth-order valence-electron chi connectivity index (χ4n) is 1.91. The van der Waals surface area contributed by atoms with Crippen LogP contribution < -0.4 is 10.6 Å². The van der Waals surface area contributed by atoms with E-state index in [2.05, 4.69) is 15.6 Å². The topological polar surface area (TPSA) is 97.4 Å². The lowest BCUT2D eigenvalue weighted by atomic mass is 10.3. The Balaban J connectivity index is 1.98. The number of aromatic nitrogens is 1. The highest BCUT2D eigenvalue weighted by Crippen LogP contribution is 2.33. The van der Waals surface area contributed by atoms with Crippen LogP contribution >= 0.6 is 23.4 Å². The first-order chi connectivity index (χ1) is 13.0. The number of hydrogen-bond donors (Lipinski definition) is 2. The zero-order valence-corrected chi connectivity index (χ0v) is 16.1. The number of rotatable bonds is 7. The minimum absolute atomic E-state index is 0.200. The number of ether oxygens (including phenoxy) is 1. The van der Waals surface area contributed by atoms with E-state index in [1.807, 2.05) is 13.0 Å². The molecule has 2 aromatic rings. The van der Waals surface area contributed by atoms with Gasteiger partial charge in [0.2, 0.25) is 0 Å². The largest absolute Gasteiger partial charge is 0.452 e. The fourth-order valence-corrected chi connectivity index (χ4v) is 3.06. The van der Waals surface area contributed by atoms with Gasteiger partial charge in [0.25, 0.3) is 5.91 Å². The molecule has 0 unspecified atom stereocenters. The Morgan fingerprint density at radius 1 is 1.19 bits per heavy atom. The number of imide groups is 1. The average molecular weight is 408 g/mol. The van der Waals surface area contributed by atoms with Gasteiger partial charge < -0.3 is 10.1 Å². The van der Waals surface area contributed by atoms with Gasteiger partial charge in [-0.05, 0) is 30.7 Å². The molecule has 0 spiro atoms. The molecular formula is C18H18ClN3O4S. The maximum absolute atomic E-state index is 12.3. The van der Waals surface area contributed by atoms with Gasteiger partial charge in [-0.1, -0.05) is 42.4 Å². The summed E-state index contributed by atoms with van der Waals surface area (Å²) in [5.74, 6) is -1.44. The molecule has 7 nitrogen and oxygen atoms in total. The van der Waals surface area contributed by atoms with Gasteiger partial charge in [-0.3, -0.25) is 10.1 Å². The first-order valence-electron chi connectivity index (χ1n) is 8.13. The molecule has 27 heavy (non-hydrogen) atoms. The molecule has 0 radical (unpaired) electrons. The third kappa shape index (κ3) is 6.58. The quantitative estimate of drug-likeness (QED) is 0.683. The van der Waals surface area contributed by atoms with Crippen molar-refractivity contribution >= 4 is 41.3 Å². The smallest absolute Gasteiger partial charge is 0.341 e. The highest BCUT2D eigenvalue weighted by atomic mass is 35.5. The highest BCUT2D eigenvalue weighted by Gasteiger charge is 2.17. The van der Waals surface area contributed by atoms with E-state index in [4.69, 9.17) is 16.3 Å². The van der Waals surface area contributed by atoms with Crippen LogP contribution in [0, 0.1) is 0 Å². The summed E-state index contributed by atoms with van der Waals surface area (Å²) in [5, 5.41) is 5.50. The molecule has 0 aliphatic heterocycles. The molecule has 0 saturated carbocycles. The van der Waals surface area contributed by atoms with Crippen molar-refractivity contribution < 1.29 is 19.1 Å². The molecule has 2 rings (SSSR count). The van der Waals surface area contributed by atoms with Crippen molar-refractivity contribution in [2.24, 2.45) is 0 Å². The molecule has 1 aromatic carbocycles. The number of urea groups is 1. The Kier molecular flexibility index (Phi) is 8.09. The Morgan fingerprint density at radius 2 is 1.96 bits per heavy atom. The van der Waals surface area contributed by atoms with E-state index in [0.717, 1.165) is 11.3 Å². The van der Waals surface area contributed by atoms with Gasteiger partial charge in [-0.25, -0.2) is 14.6 Å². The van der Waals surface area contributed by atoms with Crippen molar-refractivity contribution in [3.8, 4) is 0 Å². The lowest BCUT2D eigenvalue weighted by molar-refractivity contribution is -0.123. The van der Waals surface area contributed by atoms with E-state index in [1.165, 1.54) is 11.8 Å². The predicted octanol–water partition coefficient (Wildman–Crippen LogP) is 3.28. The Hall–Kier alpha value is -2.58. The zero-order chi connectivity index (χ0) is 19.6. The Labute approximate surface area is 165 Å². The first kappa shape index (κ1) is 20.7. The van der Waals surface area contributed by atoms with Gasteiger partial charge in [-0.2, -0.15) is 0 Å². The molecule has 0 aliphatic rings. The van der Waals surface area contributed by atoms with Crippen LogP contribution in [0.25, 0.3) is 0 Å². The number of nitrogens with one attached hydrogen (secondary N) is 2. The van der Waals surface area contributed by atoms with Crippen LogP contribution in [0.15, 0.2) is 52.5 Å². The number of hydrogen-bond acceptors (Lipinski definition) is 6. The average Bonchev–Trinajstić information content (AvgIpc) is 2.66. The molecule has 0 saturated heterocycles. The SMILES string of the molecule is CCCNC(=O)NC(=O)COC(=O)c1cccnc1Sc1ccccc1Cl. The summed E-state index contributed by atoms with van der Waals surface area (Å²) < 4.78 is 4.99. The van der Waals surface area contributed by atoms with Gasteiger partial charge in [-0.15, -0.1) is 0 Å². The number of amides is 3. The number of carbonyl (C=O) groups is 3. The Morgan fingerprint density at radius 3 is 2.70 bits per heavy atom. The van der Waals surface area contributed by atoms with Crippen molar-refractivity contribution in [1.29, 1.82) is 0 Å². The zero-order valence-electron chi connectivity index (χ0n) is 14.5. The lowest BCUT2D eigenvalue weighted by Crippen LogP contribution is -2.41. The second kappa shape index (κ2) is 10.5. The molecule has 2 N–H and O–H groups in total. The van der Waals surface area contributed by atoms with E-state index in [9.17, 15) is 14.4 Å². The van der Waals surface area contributed by atoms with Crippen LogP contribution in [0.2, 0.25) is 5.02 Å². The van der Waals surface area contributed by atoms with Crippen LogP contribution in [0.3, 0.4) is 0 Å². The molecule has 1 aromatic heterocycles. The van der Waals surface area contributed by atoms with Crippen LogP contribution in [0.5, 0.6) is 0 Å². The minimum atomic E-state index is -0.721. The van der Waals surface area contributed by atoms with E-state index < -0.39 is 24.5 Å². The number of pyridine rings is 1. The van der Waals surface area contributed by atoms with Crippen LogP contribution in [0.4, 0.5) is 4.79 Å². The molecular weight excluding hydrogens is 390 g/mol. The summed E-state index contributed by atoms with van der Waals surface area (Å²) in [4.78, 5) is 40.3. The van der Waals surface area contributed by atoms with Gasteiger partial charge in [0, 0.05) is 17.6 Å². The van der Waals surface area contributed by atoms with Crippen LogP contribution in [-0.2, 0) is 9.53 Å². The number of halogens is 1. The Bertz CT molecular complexity index is 832. The molecule has 0 bridgehead atoms. The molecule has 9 heteroatoms. The first-order valence-corrected chi connectivity index (χ1v) is 9.33. The molecule has 0 aliphatic carbocycles. The van der Waals surface area contributed by atoms with Gasteiger partial charge in [0.15, 0.2) is 6.61 Å². The number of esters is 1.